The molecule has 1 saturated carbocycles. The summed E-state index contributed by atoms with van der Waals surface area (Å²) in [6.07, 6.45) is 3.15. The molecule has 0 spiro atoms. The van der Waals surface area contributed by atoms with Gasteiger partial charge >= 0.3 is 12.0 Å². The lowest BCUT2D eigenvalue weighted by Gasteiger charge is -2.41. The minimum absolute atomic E-state index is 0.195. The third-order valence-corrected chi connectivity index (χ3v) is 7.19. The Morgan fingerprint density at radius 1 is 1.11 bits per heavy atom. The van der Waals surface area contributed by atoms with Crippen molar-refractivity contribution in [2.45, 2.75) is 39.2 Å². The molecule has 35 heavy (non-hydrogen) atoms. The predicted octanol–water partition coefficient (Wildman–Crippen LogP) is 2.54. The predicted molar refractivity (Wildman–Crippen MR) is 131 cm³/mol. The average molecular weight is 485 g/mol. The smallest absolute Gasteiger partial charge is 0.338 e. The Bertz CT molecular complexity index is 982. The van der Waals surface area contributed by atoms with Crippen molar-refractivity contribution < 1.29 is 23.9 Å². The van der Waals surface area contributed by atoms with Gasteiger partial charge in [-0.05, 0) is 44.4 Å². The maximum Gasteiger partial charge on any atom is 0.338 e. The van der Waals surface area contributed by atoms with Crippen LogP contribution in [0, 0.1) is 5.92 Å². The minimum atomic E-state index is -0.643. The SMILES string of the molecule is CCOC(=O)C1=C(CN2CCN(C(=O)C3CCC3)CC2)N(CC)C(=O)NC1c1cccc(OC)c1. The lowest BCUT2D eigenvalue weighted by atomic mass is 9.84. The van der Waals surface area contributed by atoms with Crippen LogP contribution in [-0.2, 0) is 14.3 Å². The Morgan fingerprint density at radius 2 is 1.86 bits per heavy atom. The molecule has 190 valence electrons. The van der Waals surface area contributed by atoms with Gasteiger partial charge in [-0.1, -0.05) is 18.6 Å². The first-order chi connectivity index (χ1) is 17.0. The summed E-state index contributed by atoms with van der Waals surface area (Å²) in [7, 11) is 1.58. The van der Waals surface area contributed by atoms with Gasteiger partial charge in [0.1, 0.15) is 5.75 Å². The second kappa shape index (κ2) is 11.1. The molecule has 2 fully saturated rings. The maximum atomic E-state index is 13.3. The summed E-state index contributed by atoms with van der Waals surface area (Å²) in [4.78, 5) is 44.8. The fourth-order valence-electron chi connectivity index (χ4n) is 4.98. The van der Waals surface area contributed by atoms with Crippen molar-refractivity contribution in [1.82, 2.24) is 20.0 Å². The highest BCUT2D eigenvalue weighted by Crippen LogP contribution is 2.34. The van der Waals surface area contributed by atoms with E-state index in [2.05, 4.69) is 10.2 Å². The Balaban J connectivity index is 1.62. The summed E-state index contributed by atoms with van der Waals surface area (Å²) in [6, 6.07) is 6.47. The van der Waals surface area contributed by atoms with Gasteiger partial charge in [-0.15, -0.1) is 0 Å². The van der Waals surface area contributed by atoms with E-state index < -0.39 is 12.0 Å². The van der Waals surface area contributed by atoms with Crippen molar-refractivity contribution in [3.63, 3.8) is 0 Å². The van der Waals surface area contributed by atoms with Crippen molar-refractivity contribution in [2.24, 2.45) is 5.92 Å². The van der Waals surface area contributed by atoms with Crippen LogP contribution in [0.3, 0.4) is 0 Å². The highest BCUT2D eigenvalue weighted by atomic mass is 16.5. The Labute approximate surface area is 207 Å². The van der Waals surface area contributed by atoms with Crippen LogP contribution in [0.25, 0.3) is 0 Å². The van der Waals surface area contributed by atoms with Crippen molar-refractivity contribution in [1.29, 1.82) is 0 Å². The van der Waals surface area contributed by atoms with Crippen LogP contribution in [0.2, 0.25) is 0 Å². The van der Waals surface area contributed by atoms with Gasteiger partial charge < -0.3 is 19.7 Å². The summed E-state index contributed by atoms with van der Waals surface area (Å²) in [6.45, 7) is 7.48. The molecule has 0 aromatic heterocycles. The Kier molecular flexibility index (Phi) is 7.95. The highest BCUT2D eigenvalue weighted by Gasteiger charge is 2.39. The van der Waals surface area contributed by atoms with Gasteiger partial charge in [-0.2, -0.15) is 0 Å². The number of ether oxygens (including phenoxy) is 2. The topological polar surface area (TPSA) is 91.4 Å². The van der Waals surface area contributed by atoms with E-state index in [9.17, 15) is 14.4 Å². The van der Waals surface area contributed by atoms with E-state index in [4.69, 9.17) is 9.47 Å². The van der Waals surface area contributed by atoms with Gasteiger partial charge in [0.15, 0.2) is 0 Å². The molecular weight excluding hydrogens is 448 g/mol. The van der Waals surface area contributed by atoms with Gasteiger partial charge in [0.05, 0.1) is 25.3 Å². The summed E-state index contributed by atoms with van der Waals surface area (Å²) < 4.78 is 10.8. The van der Waals surface area contributed by atoms with Gasteiger partial charge in [-0.3, -0.25) is 14.6 Å². The molecule has 1 aliphatic carbocycles. The summed E-state index contributed by atoms with van der Waals surface area (Å²) in [5, 5.41) is 2.99. The zero-order chi connectivity index (χ0) is 24.9. The lowest BCUT2D eigenvalue weighted by Crippen LogP contribution is -2.54. The fraction of sp³-hybridized carbons (Fsp3) is 0.577. The van der Waals surface area contributed by atoms with Crippen LogP contribution in [0.1, 0.15) is 44.7 Å². The van der Waals surface area contributed by atoms with Crippen molar-refractivity contribution >= 4 is 17.9 Å². The Morgan fingerprint density at radius 3 is 2.46 bits per heavy atom. The van der Waals surface area contributed by atoms with Crippen LogP contribution in [0.5, 0.6) is 5.75 Å². The quantitative estimate of drug-likeness (QED) is 0.571. The molecule has 4 rings (SSSR count). The molecule has 1 saturated heterocycles. The first kappa shape index (κ1) is 25.0. The van der Waals surface area contributed by atoms with Gasteiger partial charge in [0, 0.05) is 50.9 Å². The van der Waals surface area contributed by atoms with E-state index >= 15 is 0 Å². The molecule has 1 N–H and O–H groups in total. The number of amides is 3. The number of hydrogen-bond acceptors (Lipinski definition) is 6. The lowest BCUT2D eigenvalue weighted by molar-refractivity contribution is -0.140. The summed E-state index contributed by atoms with van der Waals surface area (Å²) in [5.74, 6) is 0.674. The highest BCUT2D eigenvalue weighted by molar-refractivity contribution is 5.95. The average Bonchev–Trinajstić information content (AvgIpc) is 2.83. The minimum Gasteiger partial charge on any atom is -0.497 e. The number of rotatable bonds is 8. The first-order valence-electron chi connectivity index (χ1n) is 12.6. The van der Waals surface area contributed by atoms with Crippen LogP contribution in [0.15, 0.2) is 35.5 Å². The number of likely N-dealkylation sites (N-methyl/N-ethyl adjacent to an activating group) is 1. The number of piperazine rings is 1. The van der Waals surface area contributed by atoms with Crippen LogP contribution in [-0.4, -0.2) is 85.6 Å². The number of nitrogens with zero attached hydrogens (tertiary/aromatic N) is 3. The molecule has 0 radical (unpaired) electrons. The number of esters is 1. The summed E-state index contributed by atoms with van der Waals surface area (Å²) in [5.41, 5.74) is 1.85. The second-order valence-corrected chi connectivity index (χ2v) is 9.21. The molecular formula is C26H36N4O5. The van der Waals surface area contributed by atoms with E-state index in [-0.39, 0.29) is 24.5 Å². The van der Waals surface area contributed by atoms with Crippen molar-refractivity contribution in [3.8, 4) is 5.75 Å². The second-order valence-electron chi connectivity index (χ2n) is 9.21. The van der Waals surface area contributed by atoms with E-state index in [1.54, 1.807) is 18.9 Å². The number of nitrogens with one attached hydrogen (secondary N) is 1. The normalized spacial score (nSPS) is 21.5. The van der Waals surface area contributed by atoms with Gasteiger partial charge in [0.2, 0.25) is 5.91 Å². The number of benzene rings is 1. The van der Waals surface area contributed by atoms with Gasteiger partial charge in [-0.25, -0.2) is 9.59 Å². The van der Waals surface area contributed by atoms with Gasteiger partial charge in [0.25, 0.3) is 0 Å². The third kappa shape index (κ3) is 5.29. The summed E-state index contributed by atoms with van der Waals surface area (Å²) >= 11 is 0. The number of carbonyl (C=O) groups excluding carboxylic acids is 3. The number of methoxy groups -OCH3 is 1. The maximum absolute atomic E-state index is 13.3. The van der Waals surface area contributed by atoms with E-state index in [0.717, 1.165) is 24.8 Å². The van der Waals surface area contributed by atoms with Crippen LogP contribution < -0.4 is 10.1 Å². The molecule has 3 aliphatic rings. The molecule has 1 aromatic carbocycles. The standard InChI is InChI=1S/C26H36N4O5/c1-4-30-21(17-28-12-14-29(15-13-28)24(31)18-8-6-9-18)22(25(32)35-5-2)23(27-26(30)33)19-10-7-11-20(16-19)34-3/h7,10-11,16,18,23H,4-6,8-9,12-15,17H2,1-3H3,(H,27,33). The van der Waals surface area contributed by atoms with Crippen molar-refractivity contribution in [3.05, 3.63) is 41.1 Å². The molecule has 9 heteroatoms. The molecule has 3 amide bonds. The monoisotopic (exact) mass is 484 g/mol. The molecule has 1 unspecified atom stereocenters. The fourth-order valence-corrected chi connectivity index (χ4v) is 4.98. The molecule has 0 bridgehead atoms. The molecule has 1 atom stereocenters. The molecule has 2 aliphatic heterocycles. The zero-order valence-electron chi connectivity index (χ0n) is 20.9. The zero-order valence-corrected chi connectivity index (χ0v) is 20.9. The Hall–Kier alpha value is -3.07. The van der Waals surface area contributed by atoms with E-state index in [1.165, 1.54) is 0 Å². The van der Waals surface area contributed by atoms with E-state index in [1.807, 2.05) is 36.1 Å². The largest absolute Gasteiger partial charge is 0.497 e. The third-order valence-electron chi connectivity index (χ3n) is 7.19. The number of carbonyl (C=O) groups is 3. The first-order valence-corrected chi connectivity index (χ1v) is 12.6. The molecule has 2 heterocycles. The van der Waals surface area contributed by atoms with Crippen molar-refractivity contribution in [2.75, 3.05) is 53.0 Å². The molecule has 1 aromatic rings. The number of urea groups is 1. The number of hydrogen-bond donors (Lipinski definition) is 1. The van der Waals surface area contributed by atoms with Crippen LogP contribution in [0.4, 0.5) is 4.79 Å². The molecule has 9 nitrogen and oxygen atoms in total. The van der Waals surface area contributed by atoms with E-state index in [0.29, 0.717) is 56.3 Å². The van der Waals surface area contributed by atoms with Crippen LogP contribution >= 0.6 is 0 Å².